The molecular weight excluding hydrogens is 224 g/mol. The van der Waals surface area contributed by atoms with Crippen LogP contribution < -0.4 is 5.32 Å². The van der Waals surface area contributed by atoms with E-state index in [2.05, 4.69) is 10.3 Å². The van der Waals surface area contributed by atoms with Crippen molar-refractivity contribution in [3.05, 3.63) is 15.6 Å². The summed E-state index contributed by atoms with van der Waals surface area (Å²) < 4.78 is 4.99. The van der Waals surface area contributed by atoms with E-state index in [-0.39, 0.29) is 11.9 Å². The number of hydrogen-bond donors (Lipinski definition) is 1. The summed E-state index contributed by atoms with van der Waals surface area (Å²) in [5.74, 6) is -0.0355. The highest BCUT2D eigenvalue weighted by atomic mass is 32.1. The van der Waals surface area contributed by atoms with E-state index in [1.54, 1.807) is 7.11 Å². The average molecular weight is 242 g/mol. The van der Waals surface area contributed by atoms with Crippen molar-refractivity contribution in [1.82, 2.24) is 10.3 Å². The maximum Gasteiger partial charge on any atom is 0.263 e. The summed E-state index contributed by atoms with van der Waals surface area (Å²) in [7, 11) is 1.62. The average Bonchev–Trinajstić information content (AvgIpc) is 2.60. The lowest BCUT2D eigenvalue weighted by molar-refractivity contribution is 0.0942. The van der Waals surface area contributed by atoms with Crippen LogP contribution in [0.1, 0.15) is 40.6 Å². The van der Waals surface area contributed by atoms with Crippen molar-refractivity contribution in [3.63, 3.8) is 0 Å². The molecule has 0 aliphatic rings. The number of thiazole rings is 1. The molecule has 1 unspecified atom stereocenters. The molecular formula is C11H18N2O2S. The van der Waals surface area contributed by atoms with E-state index >= 15 is 0 Å². The highest BCUT2D eigenvalue weighted by Gasteiger charge is 2.16. The van der Waals surface area contributed by atoms with E-state index in [4.69, 9.17) is 4.74 Å². The fourth-order valence-electron chi connectivity index (χ4n) is 1.24. The molecule has 0 bridgehead atoms. The molecule has 0 fully saturated rings. The third kappa shape index (κ3) is 3.28. The van der Waals surface area contributed by atoms with Crippen LogP contribution >= 0.6 is 11.3 Å². The number of rotatable bonds is 5. The Hall–Kier alpha value is -0.940. The first-order chi connectivity index (χ1) is 7.58. The second-order valence-corrected chi connectivity index (χ2v) is 4.82. The van der Waals surface area contributed by atoms with Crippen LogP contribution in [0.25, 0.3) is 0 Å². The highest BCUT2D eigenvalue weighted by Crippen LogP contribution is 2.18. The van der Waals surface area contributed by atoms with Gasteiger partial charge in [-0.25, -0.2) is 4.98 Å². The van der Waals surface area contributed by atoms with Gasteiger partial charge >= 0.3 is 0 Å². The number of amides is 1. The first-order valence-corrected chi connectivity index (χ1v) is 6.16. The van der Waals surface area contributed by atoms with E-state index in [1.165, 1.54) is 11.3 Å². The number of methoxy groups -OCH3 is 1. The van der Waals surface area contributed by atoms with Crippen molar-refractivity contribution in [1.29, 1.82) is 0 Å². The first-order valence-electron chi connectivity index (χ1n) is 5.34. The molecule has 4 nitrogen and oxygen atoms in total. The number of ether oxygens (including phenoxy) is 1. The predicted molar refractivity (Wildman–Crippen MR) is 64.8 cm³/mol. The zero-order valence-electron chi connectivity index (χ0n) is 10.2. The molecule has 1 aromatic heterocycles. The third-order valence-corrected chi connectivity index (χ3v) is 3.43. The molecule has 1 aromatic rings. The standard InChI is InChI=1S/C11H18N2O2S/c1-5-7(2)12-11(14)10-8(3)13-9(16-10)6-15-4/h7H,5-6H2,1-4H3,(H,12,14). The largest absolute Gasteiger partial charge is 0.378 e. The van der Waals surface area contributed by atoms with Gasteiger partial charge in [-0.1, -0.05) is 6.92 Å². The Morgan fingerprint density at radius 3 is 2.88 bits per heavy atom. The lowest BCUT2D eigenvalue weighted by Gasteiger charge is -2.09. The Balaban J connectivity index is 2.75. The summed E-state index contributed by atoms with van der Waals surface area (Å²) in [4.78, 5) is 16.8. The summed E-state index contributed by atoms with van der Waals surface area (Å²) in [5.41, 5.74) is 0.776. The van der Waals surface area contributed by atoms with Gasteiger partial charge in [0.1, 0.15) is 9.88 Å². The molecule has 1 heterocycles. The van der Waals surface area contributed by atoms with Crippen molar-refractivity contribution in [2.75, 3.05) is 7.11 Å². The third-order valence-electron chi connectivity index (χ3n) is 2.30. The van der Waals surface area contributed by atoms with Crippen molar-refractivity contribution < 1.29 is 9.53 Å². The minimum absolute atomic E-state index is 0.0355. The smallest absolute Gasteiger partial charge is 0.263 e. The van der Waals surface area contributed by atoms with E-state index in [9.17, 15) is 4.79 Å². The van der Waals surface area contributed by atoms with E-state index in [0.717, 1.165) is 17.1 Å². The van der Waals surface area contributed by atoms with Gasteiger partial charge in [0.05, 0.1) is 12.3 Å². The van der Waals surface area contributed by atoms with Crippen molar-refractivity contribution >= 4 is 17.2 Å². The molecule has 1 amide bonds. The summed E-state index contributed by atoms with van der Waals surface area (Å²) in [6.07, 6.45) is 0.925. The molecule has 0 saturated carbocycles. The topological polar surface area (TPSA) is 51.2 Å². The number of hydrogen-bond acceptors (Lipinski definition) is 4. The molecule has 0 saturated heterocycles. The molecule has 0 aromatic carbocycles. The van der Waals surface area contributed by atoms with Crippen LogP contribution in [0.4, 0.5) is 0 Å². The monoisotopic (exact) mass is 242 g/mol. The number of nitrogens with zero attached hydrogens (tertiary/aromatic N) is 1. The second kappa shape index (κ2) is 5.96. The number of nitrogens with one attached hydrogen (secondary N) is 1. The van der Waals surface area contributed by atoms with Crippen LogP contribution in [0.5, 0.6) is 0 Å². The number of aryl methyl sites for hydroxylation is 1. The maximum absolute atomic E-state index is 11.9. The van der Waals surface area contributed by atoms with Gasteiger partial charge in [-0.3, -0.25) is 4.79 Å². The van der Waals surface area contributed by atoms with Crippen molar-refractivity contribution in [3.8, 4) is 0 Å². The zero-order chi connectivity index (χ0) is 12.1. The van der Waals surface area contributed by atoms with Crippen LogP contribution in [-0.4, -0.2) is 24.0 Å². The summed E-state index contributed by atoms with van der Waals surface area (Å²) >= 11 is 1.40. The van der Waals surface area contributed by atoms with Gasteiger partial charge in [-0.05, 0) is 20.3 Å². The van der Waals surface area contributed by atoms with Gasteiger partial charge in [0.2, 0.25) is 0 Å². The fourth-order valence-corrected chi connectivity index (χ4v) is 2.18. The summed E-state index contributed by atoms with van der Waals surface area (Å²) in [6.45, 7) is 6.34. The van der Waals surface area contributed by atoms with Crippen LogP contribution in [0.2, 0.25) is 0 Å². The van der Waals surface area contributed by atoms with E-state index in [0.29, 0.717) is 11.5 Å². The number of carbonyl (C=O) groups is 1. The highest BCUT2D eigenvalue weighted by molar-refractivity contribution is 7.13. The van der Waals surface area contributed by atoms with E-state index < -0.39 is 0 Å². The van der Waals surface area contributed by atoms with Crippen LogP contribution in [0.3, 0.4) is 0 Å². The Kier molecular flexibility index (Phi) is 4.89. The van der Waals surface area contributed by atoms with Gasteiger partial charge < -0.3 is 10.1 Å². The summed E-state index contributed by atoms with van der Waals surface area (Å²) in [6, 6.07) is 0.194. The number of carbonyl (C=O) groups excluding carboxylic acids is 1. The fraction of sp³-hybridized carbons (Fsp3) is 0.636. The molecule has 0 spiro atoms. The number of aromatic nitrogens is 1. The Labute approximate surface area is 100 Å². The minimum atomic E-state index is -0.0355. The normalized spacial score (nSPS) is 12.5. The first kappa shape index (κ1) is 13.1. The molecule has 16 heavy (non-hydrogen) atoms. The Morgan fingerprint density at radius 1 is 1.62 bits per heavy atom. The van der Waals surface area contributed by atoms with Crippen molar-refractivity contribution in [2.45, 2.75) is 39.8 Å². The molecule has 0 radical (unpaired) electrons. The van der Waals surface area contributed by atoms with Crippen molar-refractivity contribution in [2.24, 2.45) is 0 Å². The molecule has 1 N–H and O–H groups in total. The maximum atomic E-state index is 11.9. The predicted octanol–water partition coefficient (Wildman–Crippen LogP) is 2.13. The van der Waals surface area contributed by atoms with Gasteiger partial charge in [0.25, 0.3) is 5.91 Å². The lowest BCUT2D eigenvalue weighted by Crippen LogP contribution is -2.31. The quantitative estimate of drug-likeness (QED) is 0.860. The Bertz CT molecular complexity index is 363. The molecule has 0 aliphatic carbocycles. The van der Waals surface area contributed by atoms with Crippen LogP contribution in [0.15, 0.2) is 0 Å². The molecule has 5 heteroatoms. The van der Waals surface area contributed by atoms with Gasteiger partial charge in [0, 0.05) is 13.2 Å². The van der Waals surface area contributed by atoms with Crippen LogP contribution in [-0.2, 0) is 11.3 Å². The molecule has 90 valence electrons. The molecule has 0 aliphatic heterocycles. The molecule has 1 rings (SSSR count). The van der Waals surface area contributed by atoms with Gasteiger partial charge in [0.15, 0.2) is 0 Å². The minimum Gasteiger partial charge on any atom is -0.378 e. The lowest BCUT2D eigenvalue weighted by atomic mass is 10.2. The van der Waals surface area contributed by atoms with Crippen LogP contribution in [0, 0.1) is 6.92 Å². The van der Waals surface area contributed by atoms with Gasteiger partial charge in [-0.15, -0.1) is 11.3 Å². The second-order valence-electron chi connectivity index (χ2n) is 3.74. The molecule has 1 atom stereocenters. The zero-order valence-corrected chi connectivity index (χ0v) is 11.0. The van der Waals surface area contributed by atoms with Gasteiger partial charge in [-0.2, -0.15) is 0 Å². The van der Waals surface area contributed by atoms with E-state index in [1.807, 2.05) is 20.8 Å². The SMILES string of the molecule is CCC(C)NC(=O)c1sc(COC)nc1C. The Morgan fingerprint density at radius 2 is 2.31 bits per heavy atom. The summed E-state index contributed by atoms with van der Waals surface area (Å²) in [5, 5.41) is 3.77.